The van der Waals surface area contributed by atoms with Crippen molar-refractivity contribution in [2.75, 3.05) is 74.0 Å². The van der Waals surface area contributed by atoms with Crippen molar-refractivity contribution in [3.8, 4) is 0 Å². The first-order valence-electron chi connectivity index (χ1n) is 13.5. The van der Waals surface area contributed by atoms with Gasteiger partial charge < -0.3 is 24.3 Å². The molecular formula is C31H41N5O2. The Hall–Kier alpha value is -3.74. The number of carbonyl (C=O) groups is 1. The molecule has 2 heterocycles. The number of rotatable bonds is 10. The number of aromatic nitrogens is 1. The quantitative estimate of drug-likeness (QED) is 0.337. The number of nitrogens with zero attached hydrogens (tertiary/aromatic N) is 5. The summed E-state index contributed by atoms with van der Waals surface area (Å²) in [5.74, 6) is -0.358. The van der Waals surface area contributed by atoms with Gasteiger partial charge in [0.15, 0.2) is 5.60 Å². The number of ether oxygens (including phenoxy) is 1. The lowest BCUT2D eigenvalue weighted by atomic mass is 9.78. The molecule has 7 nitrogen and oxygen atoms in total. The van der Waals surface area contributed by atoms with Crippen molar-refractivity contribution in [2.24, 2.45) is 0 Å². The van der Waals surface area contributed by atoms with E-state index in [0.717, 1.165) is 65.6 Å². The number of fused-ring (bicyclic) bond motifs is 1. The van der Waals surface area contributed by atoms with Gasteiger partial charge in [-0.2, -0.15) is 0 Å². The Balaban J connectivity index is 2.08. The maximum absolute atomic E-state index is 13.4. The molecule has 0 fully saturated rings. The molecule has 202 valence electrons. The Labute approximate surface area is 227 Å². The van der Waals surface area contributed by atoms with E-state index in [0.29, 0.717) is 5.56 Å². The first-order chi connectivity index (χ1) is 18.2. The Morgan fingerprint density at radius 2 is 1.18 bits per heavy atom. The number of esters is 1. The second-order valence-electron chi connectivity index (χ2n) is 10.0. The van der Waals surface area contributed by atoms with E-state index in [4.69, 9.17) is 4.74 Å². The van der Waals surface area contributed by atoms with Crippen LogP contribution >= 0.6 is 0 Å². The van der Waals surface area contributed by atoms with Gasteiger partial charge in [0.1, 0.15) is 0 Å². The molecule has 1 aromatic heterocycles. The zero-order chi connectivity index (χ0) is 27.6. The van der Waals surface area contributed by atoms with Gasteiger partial charge in [-0.25, -0.2) is 4.79 Å². The summed E-state index contributed by atoms with van der Waals surface area (Å²) in [6.45, 7) is 12.3. The van der Waals surface area contributed by atoms with E-state index in [2.05, 4.69) is 88.7 Å². The molecule has 0 amide bonds. The molecule has 0 N–H and O–H groups in total. The second kappa shape index (κ2) is 10.9. The van der Waals surface area contributed by atoms with Crippen molar-refractivity contribution < 1.29 is 9.53 Å². The molecule has 2 aromatic carbocycles. The highest BCUT2D eigenvalue weighted by molar-refractivity contribution is 5.97. The van der Waals surface area contributed by atoms with Crippen molar-refractivity contribution >= 4 is 28.7 Å². The number of anilines is 4. The van der Waals surface area contributed by atoms with E-state index in [9.17, 15) is 4.79 Å². The first-order valence-corrected chi connectivity index (χ1v) is 13.5. The number of pyridine rings is 1. The topological polar surface area (TPSA) is 52.2 Å². The van der Waals surface area contributed by atoms with E-state index < -0.39 is 5.60 Å². The van der Waals surface area contributed by atoms with Gasteiger partial charge in [-0.1, -0.05) is 12.1 Å². The van der Waals surface area contributed by atoms with Crippen LogP contribution in [0, 0.1) is 0 Å². The summed E-state index contributed by atoms with van der Waals surface area (Å²) in [4.78, 5) is 26.5. The zero-order valence-electron chi connectivity index (χ0n) is 24.1. The molecule has 38 heavy (non-hydrogen) atoms. The second-order valence-corrected chi connectivity index (χ2v) is 10.0. The molecule has 1 aliphatic rings. The number of benzene rings is 2. The highest BCUT2D eigenvalue weighted by Crippen LogP contribution is 2.52. The summed E-state index contributed by atoms with van der Waals surface area (Å²) in [5, 5.41) is 0. The third kappa shape index (κ3) is 4.44. The average molecular weight is 516 g/mol. The molecular weight excluding hydrogens is 474 g/mol. The van der Waals surface area contributed by atoms with Gasteiger partial charge in [-0.15, -0.1) is 0 Å². The van der Waals surface area contributed by atoms with Crippen LogP contribution in [0.2, 0.25) is 0 Å². The summed E-state index contributed by atoms with van der Waals surface area (Å²) >= 11 is 0. The normalized spacial score (nSPS) is 13.6. The van der Waals surface area contributed by atoms with Crippen LogP contribution in [-0.4, -0.2) is 65.3 Å². The van der Waals surface area contributed by atoms with Gasteiger partial charge >= 0.3 is 5.97 Å². The lowest BCUT2D eigenvalue weighted by molar-refractivity contribution is 0.0254. The SMILES string of the molecule is CCN(CC)c1ccc(C2(c3ccc(N(CC)CC)cc3N(C)C)OC(=O)c3cnccc32)c(N(C)C)c1. The van der Waals surface area contributed by atoms with Crippen molar-refractivity contribution in [3.63, 3.8) is 0 Å². The van der Waals surface area contributed by atoms with E-state index >= 15 is 0 Å². The fourth-order valence-electron chi connectivity index (χ4n) is 5.60. The predicted octanol–water partition coefficient (Wildman–Crippen LogP) is 5.37. The minimum atomic E-state index is -1.13. The van der Waals surface area contributed by atoms with Gasteiger partial charge in [0.25, 0.3) is 0 Å². The van der Waals surface area contributed by atoms with Gasteiger partial charge in [-0.3, -0.25) is 4.98 Å². The van der Waals surface area contributed by atoms with Crippen molar-refractivity contribution in [1.29, 1.82) is 0 Å². The molecule has 0 spiro atoms. The van der Waals surface area contributed by atoms with Crippen LogP contribution < -0.4 is 19.6 Å². The number of hydrogen-bond donors (Lipinski definition) is 0. The van der Waals surface area contributed by atoms with E-state index in [1.165, 1.54) is 0 Å². The van der Waals surface area contributed by atoms with Crippen LogP contribution in [0.3, 0.4) is 0 Å². The zero-order valence-corrected chi connectivity index (χ0v) is 24.1. The Morgan fingerprint density at radius 1 is 0.711 bits per heavy atom. The maximum atomic E-state index is 13.4. The van der Waals surface area contributed by atoms with E-state index in [-0.39, 0.29) is 5.97 Å². The van der Waals surface area contributed by atoms with Crippen LogP contribution in [0.5, 0.6) is 0 Å². The Morgan fingerprint density at radius 3 is 1.61 bits per heavy atom. The summed E-state index contributed by atoms with van der Waals surface area (Å²) in [5.41, 5.74) is 6.33. The highest BCUT2D eigenvalue weighted by atomic mass is 16.6. The Kier molecular flexibility index (Phi) is 7.86. The number of carbonyl (C=O) groups excluding carboxylic acids is 1. The third-order valence-corrected chi connectivity index (χ3v) is 7.61. The third-order valence-electron chi connectivity index (χ3n) is 7.61. The molecule has 0 unspecified atom stereocenters. The van der Waals surface area contributed by atoms with Crippen LogP contribution in [0.4, 0.5) is 22.7 Å². The predicted molar refractivity (Wildman–Crippen MR) is 158 cm³/mol. The largest absolute Gasteiger partial charge is 0.440 e. The van der Waals surface area contributed by atoms with Crippen molar-refractivity contribution in [1.82, 2.24) is 4.98 Å². The molecule has 3 aromatic rings. The average Bonchev–Trinajstić information content (AvgIpc) is 3.23. The molecule has 0 saturated heterocycles. The molecule has 1 aliphatic heterocycles. The van der Waals surface area contributed by atoms with Crippen molar-refractivity contribution in [3.05, 3.63) is 77.1 Å². The number of hydrogen-bond acceptors (Lipinski definition) is 7. The fraction of sp³-hybridized carbons (Fsp3) is 0.419. The summed E-state index contributed by atoms with van der Waals surface area (Å²) < 4.78 is 6.52. The van der Waals surface area contributed by atoms with Crippen LogP contribution in [0.25, 0.3) is 0 Å². The summed E-state index contributed by atoms with van der Waals surface area (Å²) in [7, 11) is 8.16. The van der Waals surface area contributed by atoms with E-state index in [1.54, 1.807) is 12.4 Å². The highest BCUT2D eigenvalue weighted by Gasteiger charge is 2.51. The Bertz CT molecular complexity index is 1230. The minimum absolute atomic E-state index is 0.358. The lowest BCUT2D eigenvalue weighted by Gasteiger charge is -2.37. The molecule has 0 aliphatic carbocycles. The monoisotopic (exact) mass is 515 g/mol. The van der Waals surface area contributed by atoms with Crippen molar-refractivity contribution in [2.45, 2.75) is 33.3 Å². The fourth-order valence-corrected chi connectivity index (χ4v) is 5.60. The van der Waals surface area contributed by atoms with Crippen LogP contribution in [0.1, 0.15) is 54.7 Å². The molecule has 4 rings (SSSR count). The number of cyclic esters (lactones) is 1. The lowest BCUT2D eigenvalue weighted by Crippen LogP contribution is -2.34. The minimum Gasteiger partial charge on any atom is -0.440 e. The van der Waals surface area contributed by atoms with E-state index in [1.807, 2.05) is 34.3 Å². The molecule has 0 atom stereocenters. The summed E-state index contributed by atoms with van der Waals surface area (Å²) in [6.07, 6.45) is 3.37. The van der Waals surface area contributed by atoms with Gasteiger partial charge in [-0.05, 0) is 58.0 Å². The summed E-state index contributed by atoms with van der Waals surface area (Å²) in [6, 6.07) is 14.9. The standard InChI is InChI=1S/C31H41N5O2/c1-9-35(10-2)22-13-15-26(28(19-22)33(5)6)31(25-17-18-32-21-24(25)30(37)38-31)27-16-14-23(36(11-3)12-4)20-29(27)34(7)8/h13-21H,9-12H2,1-8H3. The van der Waals surface area contributed by atoms with Gasteiger partial charge in [0.2, 0.25) is 0 Å². The molecule has 0 radical (unpaired) electrons. The van der Waals surface area contributed by atoms with Gasteiger partial charge in [0.05, 0.1) is 5.56 Å². The molecule has 0 saturated carbocycles. The van der Waals surface area contributed by atoms with Crippen LogP contribution in [0.15, 0.2) is 54.9 Å². The molecule has 0 bridgehead atoms. The van der Waals surface area contributed by atoms with Gasteiger partial charge in [0, 0.05) is 106 Å². The first kappa shape index (κ1) is 27.3. The maximum Gasteiger partial charge on any atom is 0.341 e. The van der Waals surface area contributed by atoms with Crippen LogP contribution in [-0.2, 0) is 10.3 Å². The molecule has 7 heteroatoms. The smallest absolute Gasteiger partial charge is 0.341 e.